The number of ketones is 1. The minimum atomic E-state index is -5.08. The van der Waals surface area contributed by atoms with Crippen molar-refractivity contribution in [3.05, 3.63) is 94.5 Å². The second kappa shape index (κ2) is 15.1. The molecule has 0 spiro atoms. The quantitative estimate of drug-likeness (QED) is 0.179. The molecular formula is C32H34F3NO7. The van der Waals surface area contributed by atoms with Gasteiger partial charge in [-0.1, -0.05) is 59.7 Å². The number of benzene rings is 3. The first kappa shape index (κ1) is 34.7. The lowest BCUT2D eigenvalue weighted by atomic mass is 10.1. The molecule has 0 atom stereocenters. The first-order chi connectivity index (χ1) is 19.9. The van der Waals surface area contributed by atoms with Crippen LogP contribution in [-0.2, 0) is 27.2 Å². The maximum Gasteiger partial charge on any atom is 0.490 e. The van der Waals surface area contributed by atoms with Gasteiger partial charge in [0.05, 0.1) is 19.4 Å². The van der Waals surface area contributed by atoms with Crippen LogP contribution in [0, 0.1) is 13.8 Å². The highest BCUT2D eigenvalue weighted by Crippen LogP contribution is 2.30. The molecular weight excluding hydrogens is 567 g/mol. The van der Waals surface area contributed by atoms with Crippen LogP contribution in [0.1, 0.15) is 53.4 Å². The normalized spacial score (nSPS) is 11.2. The molecule has 8 nitrogen and oxygen atoms in total. The number of rotatable bonds is 9. The summed E-state index contributed by atoms with van der Waals surface area (Å²) in [5.74, 6) is -3.82. The summed E-state index contributed by atoms with van der Waals surface area (Å²) < 4.78 is 42.9. The van der Waals surface area contributed by atoms with Gasteiger partial charge in [-0.2, -0.15) is 13.2 Å². The molecule has 3 aromatic rings. The zero-order valence-corrected chi connectivity index (χ0v) is 24.5. The van der Waals surface area contributed by atoms with Gasteiger partial charge in [-0.3, -0.25) is 14.4 Å². The Morgan fingerprint density at radius 1 is 0.721 bits per heavy atom. The molecule has 0 heterocycles. The maximum absolute atomic E-state index is 12.7. The van der Waals surface area contributed by atoms with Crippen LogP contribution < -0.4 is 14.8 Å². The molecule has 0 aliphatic rings. The highest BCUT2D eigenvalue weighted by atomic mass is 19.4. The molecule has 0 unspecified atom stereocenters. The largest absolute Gasteiger partial charge is 0.490 e. The minimum absolute atomic E-state index is 0.0333. The first-order valence-electron chi connectivity index (χ1n) is 13.2. The average Bonchev–Trinajstić information content (AvgIpc) is 2.90. The van der Waals surface area contributed by atoms with Gasteiger partial charge in [0.1, 0.15) is 0 Å². The fourth-order valence-corrected chi connectivity index (χ4v) is 3.36. The Kier molecular flexibility index (Phi) is 12.2. The van der Waals surface area contributed by atoms with E-state index in [2.05, 4.69) is 5.32 Å². The summed E-state index contributed by atoms with van der Waals surface area (Å²) in [7, 11) is 0. The number of halogens is 3. The van der Waals surface area contributed by atoms with Crippen molar-refractivity contribution in [2.75, 3.05) is 6.54 Å². The lowest BCUT2D eigenvalue weighted by Crippen LogP contribution is -2.39. The molecule has 3 rings (SSSR count). The molecule has 0 saturated heterocycles. The number of hydrogen-bond acceptors (Lipinski definition) is 7. The molecule has 0 bridgehead atoms. The number of esters is 2. The number of hydrogen-bond donors (Lipinski definition) is 2. The van der Waals surface area contributed by atoms with E-state index in [-0.39, 0.29) is 42.2 Å². The van der Waals surface area contributed by atoms with Crippen molar-refractivity contribution in [3.63, 3.8) is 0 Å². The van der Waals surface area contributed by atoms with Gasteiger partial charge >= 0.3 is 24.1 Å². The van der Waals surface area contributed by atoms with Crippen molar-refractivity contribution in [1.82, 2.24) is 5.32 Å². The van der Waals surface area contributed by atoms with Gasteiger partial charge in [0.2, 0.25) is 0 Å². The fourth-order valence-electron chi connectivity index (χ4n) is 3.36. The van der Waals surface area contributed by atoms with Crippen molar-refractivity contribution >= 4 is 23.7 Å². The van der Waals surface area contributed by atoms with Gasteiger partial charge in [0.25, 0.3) is 0 Å². The zero-order chi connectivity index (χ0) is 32.4. The number of carbonyl (C=O) groups excluding carboxylic acids is 3. The van der Waals surface area contributed by atoms with E-state index in [0.29, 0.717) is 5.56 Å². The summed E-state index contributed by atoms with van der Waals surface area (Å²) in [6.07, 6.45) is -4.98. The summed E-state index contributed by atoms with van der Waals surface area (Å²) in [5.41, 5.74) is 3.91. The van der Waals surface area contributed by atoms with Gasteiger partial charge in [0, 0.05) is 11.1 Å². The number of carboxylic acid groups (broad SMARTS) is 1. The Morgan fingerprint density at radius 3 is 1.53 bits per heavy atom. The number of Topliss-reactive ketones (excluding diaryl/α,β-unsaturated/α-hetero) is 1. The van der Waals surface area contributed by atoms with E-state index < -0.39 is 24.1 Å². The number of aliphatic carboxylic acids is 1. The third kappa shape index (κ3) is 12.9. The van der Waals surface area contributed by atoms with Crippen molar-refractivity contribution in [1.29, 1.82) is 0 Å². The molecule has 0 saturated carbocycles. The number of alkyl halides is 3. The zero-order valence-electron chi connectivity index (χ0n) is 24.5. The third-order valence-electron chi connectivity index (χ3n) is 5.67. The number of carbonyl (C=O) groups is 4. The molecule has 11 heteroatoms. The topological polar surface area (TPSA) is 119 Å². The van der Waals surface area contributed by atoms with E-state index in [1.54, 1.807) is 6.07 Å². The van der Waals surface area contributed by atoms with Crippen molar-refractivity contribution in [2.24, 2.45) is 0 Å². The number of nitrogens with one attached hydrogen (secondary N) is 1. The molecule has 0 fully saturated rings. The van der Waals surface area contributed by atoms with Crippen molar-refractivity contribution in [2.45, 2.75) is 59.2 Å². The average molecular weight is 602 g/mol. The van der Waals surface area contributed by atoms with Crippen LogP contribution in [0.3, 0.4) is 0 Å². The maximum atomic E-state index is 12.7. The van der Waals surface area contributed by atoms with Crippen molar-refractivity contribution < 1.29 is 46.9 Å². The summed E-state index contributed by atoms with van der Waals surface area (Å²) >= 11 is 0. The lowest BCUT2D eigenvalue weighted by Gasteiger charge is -2.20. The Morgan fingerprint density at radius 2 is 1.14 bits per heavy atom. The molecule has 3 aromatic carbocycles. The van der Waals surface area contributed by atoms with E-state index in [9.17, 15) is 27.6 Å². The first-order valence-corrected chi connectivity index (χ1v) is 13.2. The Balaban J connectivity index is 0.000000821. The highest BCUT2D eigenvalue weighted by Gasteiger charge is 2.38. The summed E-state index contributed by atoms with van der Waals surface area (Å²) in [4.78, 5) is 47.0. The molecule has 0 aromatic heterocycles. The summed E-state index contributed by atoms with van der Waals surface area (Å²) in [6.45, 7) is 9.96. The lowest BCUT2D eigenvalue weighted by molar-refractivity contribution is -0.192. The molecule has 0 aliphatic carbocycles. The second-order valence-corrected chi connectivity index (χ2v) is 10.8. The summed E-state index contributed by atoms with van der Waals surface area (Å²) in [5, 5.41) is 10.3. The van der Waals surface area contributed by atoms with Crippen LogP contribution >= 0.6 is 0 Å². The Bertz CT molecular complexity index is 1430. The van der Waals surface area contributed by atoms with Crippen LogP contribution in [0.5, 0.6) is 11.5 Å². The predicted octanol–water partition coefficient (Wildman–Crippen LogP) is 5.80. The van der Waals surface area contributed by atoms with Crippen molar-refractivity contribution in [3.8, 4) is 11.5 Å². The van der Waals surface area contributed by atoms with Gasteiger partial charge in [-0.15, -0.1) is 0 Å². The monoisotopic (exact) mass is 601 g/mol. The molecule has 0 radical (unpaired) electrons. The SMILES string of the molecule is Cc1ccc(CC(=O)Oc2ccc(C(=O)CNC(C)(C)C)cc2OC(=O)Cc2ccc(C)cc2)cc1.O=C(O)C(F)(F)F. The van der Waals surface area contributed by atoms with Gasteiger partial charge in [0.15, 0.2) is 17.3 Å². The molecule has 2 N–H and O–H groups in total. The number of carboxylic acids is 1. The Hall–Kier alpha value is -4.51. The van der Waals surface area contributed by atoms with Crippen LogP contribution in [-0.4, -0.2) is 47.1 Å². The van der Waals surface area contributed by atoms with Crippen LogP contribution in [0.15, 0.2) is 66.7 Å². The predicted molar refractivity (Wildman–Crippen MR) is 153 cm³/mol. The number of aryl methyl sites for hydroxylation is 2. The molecule has 230 valence electrons. The molecule has 43 heavy (non-hydrogen) atoms. The van der Waals surface area contributed by atoms with E-state index >= 15 is 0 Å². The molecule has 0 amide bonds. The molecule has 0 aliphatic heterocycles. The Labute approximate surface area is 247 Å². The van der Waals surface area contributed by atoms with Gasteiger partial charge in [-0.25, -0.2) is 4.79 Å². The standard InChI is InChI=1S/C30H33NO5.C2HF3O2/c1-20-6-10-22(11-7-20)16-28(33)35-26-15-14-24(25(32)19-31-30(3,4)5)18-27(26)36-29(34)17-23-12-8-21(2)9-13-23;3-2(4,5)1(6)7/h6-15,18,31H,16-17,19H2,1-5H3;(H,6,7). The third-order valence-corrected chi connectivity index (χ3v) is 5.67. The van der Waals surface area contributed by atoms with Gasteiger partial charge in [-0.05, 0) is 63.9 Å². The smallest absolute Gasteiger partial charge is 0.475 e. The van der Waals surface area contributed by atoms with E-state index in [1.165, 1.54) is 12.1 Å². The summed E-state index contributed by atoms with van der Waals surface area (Å²) in [6, 6.07) is 19.6. The minimum Gasteiger partial charge on any atom is -0.475 e. The van der Waals surface area contributed by atoms with Crippen LogP contribution in [0.4, 0.5) is 13.2 Å². The second-order valence-electron chi connectivity index (χ2n) is 10.8. The number of ether oxygens (including phenoxy) is 2. The van der Waals surface area contributed by atoms with Crippen LogP contribution in [0.25, 0.3) is 0 Å². The highest BCUT2D eigenvalue weighted by molar-refractivity contribution is 5.98. The van der Waals surface area contributed by atoms with E-state index in [0.717, 1.165) is 22.3 Å². The van der Waals surface area contributed by atoms with Crippen LogP contribution in [0.2, 0.25) is 0 Å². The fraction of sp³-hybridized carbons (Fsp3) is 0.312. The van der Waals surface area contributed by atoms with Gasteiger partial charge < -0.3 is 19.9 Å². The van der Waals surface area contributed by atoms with E-state index in [1.807, 2.05) is 83.1 Å². The van der Waals surface area contributed by atoms with E-state index in [4.69, 9.17) is 19.4 Å².